The molecule has 1 aliphatic rings. The highest BCUT2D eigenvalue weighted by molar-refractivity contribution is 7.22. The lowest BCUT2D eigenvalue weighted by atomic mass is 10.1. The number of fused-ring (bicyclic) bond motifs is 1. The number of carbonyl (C=O) groups is 1. The van der Waals surface area contributed by atoms with Gasteiger partial charge in [-0.3, -0.25) is 4.79 Å². The maximum atomic E-state index is 14.6. The first-order valence-corrected chi connectivity index (χ1v) is 11.6. The standard InChI is InChI=1S/C23H23FN8OS/c1-31(2)23-29-18-11-14(3-6-19(18)34-23)20-16(24)13-27-22(30-20)28-15-4-5-17(26-12-15)21(33)32-9-7-25-8-10-32/h3-6,11-13,25H,7-10H2,1-2H3,(H,27,28,30). The van der Waals surface area contributed by atoms with E-state index in [0.717, 1.165) is 34.6 Å². The van der Waals surface area contributed by atoms with E-state index in [0.29, 0.717) is 30.0 Å². The Balaban J connectivity index is 1.35. The summed E-state index contributed by atoms with van der Waals surface area (Å²) < 4.78 is 15.6. The fourth-order valence-electron chi connectivity index (χ4n) is 3.64. The number of amides is 1. The Labute approximate surface area is 199 Å². The second kappa shape index (κ2) is 9.27. The molecule has 9 nitrogen and oxygen atoms in total. The van der Waals surface area contributed by atoms with Gasteiger partial charge in [0.1, 0.15) is 11.4 Å². The van der Waals surface area contributed by atoms with Gasteiger partial charge in [-0.05, 0) is 24.3 Å². The Morgan fingerprint density at radius 2 is 1.94 bits per heavy atom. The van der Waals surface area contributed by atoms with Crippen molar-refractivity contribution in [2.75, 3.05) is 50.5 Å². The zero-order valence-corrected chi connectivity index (χ0v) is 19.6. The molecule has 1 aromatic carbocycles. The molecule has 0 atom stereocenters. The number of rotatable bonds is 5. The largest absolute Gasteiger partial charge is 0.354 e. The number of piperazine rings is 1. The molecule has 174 valence electrons. The van der Waals surface area contributed by atoms with Crippen LogP contribution < -0.4 is 15.5 Å². The van der Waals surface area contributed by atoms with Gasteiger partial charge in [-0.2, -0.15) is 0 Å². The van der Waals surface area contributed by atoms with Crippen LogP contribution in [0.5, 0.6) is 0 Å². The van der Waals surface area contributed by atoms with Crippen molar-refractivity contribution in [3.8, 4) is 11.3 Å². The minimum Gasteiger partial charge on any atom is -0.354 e. The average Bonchev–Trinajstić information content (AvgIpc) is 3.30. The maximum Gasteiger partial charge on any atom is 0.272 e. The van der Waals surface area contributed by atoms with Gasteiger partial charge in [0.05, 0.1) is 28.3 Å². The molecule has 34 heavy (non-hydrogen) atoms. The molecule has 11 heteroatoms. The second-order valence-electron chi connectivity index (χ2n) is 8.06. The molecule has 0 saturated carbocycles. The number of anilines is 3. The smallest absolute Gasteiger partial charge is 0.272 e. The molecular formula is C23H23FN8OS. The van der Waals surface area contributed by atoms with E-state index in [9.17, 15) is 9.18 Å². The van der Waals surface area contributed by atoms with Crippen LogP contribution in [-0.2, 0) is 0 Å². The summed E-state index contributed by atoms with van der Waals surface area (Å²) in [4.78, 5) is 33.6. The molecule has 1 fully saturated rings. The van der Waals surface area contributed by atoms with E-state index in [1.807, 2.05) is 37.2 Å². The van der Waals surface area contributed by atoms with Crippen molar-refractivity contribution in [3.05, 3.63) is 54.2 Å². The van der Waals surface area contributed by atoms with Gasteiger partial charge in [0.25, 0.3) is 5.91 Å². The molecule has 1 aliphatic heterocycles. The molecule has 5 rings (SSSR count). The molecule has 2 N–H and O–H groups in total. The SMILES string of the molecule is CN(C)c1nc2cc(-c3nc(Nc4ccc(C(=O)N5CCNCC5)nc4)ncc3F)ccc2s1. The van der Waals surface area contributed by atoms with Gasteiger partial charge in [-0.25, -0.2) is 24.3 Å². The first-order valence-electron chi connectivity index (χ1n) is 10.8. The van der Waals surface area contributed by atoms with Crippen LogP contribution in [0.4, 0.5) is 21.2 Å². The Morgan fingerprint density at radius 3 is 2.68 bits per heavy atom. The van der Waals surface area contributed by atoms with Crippen LogP contribution in [0.1, 0.15) is 10.5 Å². The third-order valence-corrected chi connectivity index (χ3v) is 6.62. The van der Waals surface area contributed by atoms with Crippen LogP contribution in [0.15, 0.2) is 42.7 Å². The number of nitrogens with zero attached hydrogens (tertiary/aromatic N) is 6. The first-order chi connectivity index (χ1) is 16.5. The van der Waals surface area contributed by atoms with Gasteiger partial charge < -0.3 is 20.4 Å². The zero-order valence-electron chi connectivity index (χ0n) is 18.7. The summed E-state index contributed by atoms with van der Waals surface area (Å²) in [5, 5.41) is 7.14. The summed E-state index contributed by atoms with van der Waals surface area (Å²) in [6, 6.07) is 8.97. The van der Waals surface area contributed by atoms with Crippen LogP contribution in [-0.4, -0.2) is 71.0 Å². The van der Waals surface area contributed by atoms with Crippen molar-refractivity contribution < 1.29 is 9.18 Å². The fraction of sp³-hybridized carbons (Fsp3) is 0.261. The summed E-state index contributed by atoms with van der Waals surface area (Å²) in [6.07, 6.45) is 2.68. The van der Waals surface area contributed by atoms with Gasteiger partial charge in [0.2, 0.25) is 5.95 Å². The van der Waals surface area contributed by atoms with Gasteiger partial charge in [-0.15, -0.1) is 0 Å². The summed E-state index contributed by atoms with van der Waals surface area (Å²) in [5.41, 5.74) is 2.55. The van der Waals surface area contributed by atoms with E-state index < -0.39 is 5.82 Å². The summed E-state index contributed by atoms with van der Waals surface area (Å²) in [6.45, 7) is 2.88. The molecule has 0 aliphatic carbocycles. The van der Waals surface area contributed by atoms with Crippen molar-refractivity contribution in [2.45, 2.75) is 0 Å². The highest BCUT2D eigenvalue weighted by atomic mass is 32.1. The van der Waals surface area contributed by atoms with Crippen molar-refractivity contribution >= 4 is 44.2 Å². The van der Waals surface area contributed by atoms with Crippen molar-refractivity contribution in [1.82, 2.24) is 30.2 Å². The Hall–Kier alpha value is -3.70. The number of pyridine rings is 1. The van der Waals surface area contributed by atoms with E-state index in [1.165, 1.54) is 0 Å². The van der Waals surface area contributed by atoms with Crippen LogP contribution in [0.2, 0.25) is 0 Å². The topological polar surface area (TPSA) is 99.2 Å². The van der Waals surface area contributed by atoms with Crippen molar-refractivity contribution in [1.29, 1.82) is 0 Å². The molecule has 0 bridgehead atoms. The number of carbonyl (C=O) groups excluding carboxylic acids is 1. The molecule has 1 saturated heterocycles. The highest BCUT2D eigenvalue weighted by Crippen LogP contribution is 2.31. The van der Waals surface area contributed by atoms with Gasteiger partial charge >= 0.3 is 0 Å². The third kappa shape index (κ3) is 4.52. The van der Waals surface area contributed by atoms with Crippen molar-refractivity contribution in [3.63, 3.8) is 0 Å². The molecule has 0 radical (unpaired) electrons. The van der Waals surface area contributed by atoms with E-state index in [4.69, 9.17) is 0 Å². The normalized spacial score (nSPS) is 13.8. The second-order valence-corrected chi connectivity index (χ2v) is 9.07. The average molecular weight is 479 g/mol. The summed E-state index contributed by atoms with van der Waals surface area (Å²) in [7, 11) is 3.87. The maximum absolute atomic E-state index is 14.6. The number of halogens is 1. The van der Waals surface area contributed by atoms with Gasteiger partial charge in [0, 0.05) is 45.8 Å². The van der Waals surface area contributed by atoms with E-state index in [-0.39, 0.29) is 17.5 Å². The lowest BCUT2D eigenvalue weighted by molar-refractivity contribution is 0.0730. The van der Waals surface area contributed by atoms with Gasteiger partial charge in [0.15, 0.2) is 10.9 Å². The van der Waals surface area contributed by atoms with Crippen LogP contribution >= 0.6 is 11.3 Å². The number of benzene rings is 1. The summed E-state index contributed by atoms with van der Waals surface area (Å²) in [5.74, 6) is -0.391. The van der Waals surface area contributed by atoms with Crippen LogP contribution in [0.3, 0.4) is 0 Å². The highest BCUT2D eigenvalue weighted by Gasteiger charge is 2.19. The molecular weight excluding hydrogens is 455 g/mol. The molecule has 1 amide bonds. The minimum atomic E-state index is -0.525. The molecule has 0 spiro atoms. The number of thiazole rings is 1. The van der Waals surface area contributed by atoms with Crippen LogP contribution in [0.25, 0.3) is 21.5 Å². The lowest BCUT2D eigenvalue weighted by Gasteiger charge is -2.27. The molecule has 4 aromatic rings. The van der Waals surface area contributed by atoms with Crippen molar-refractivity contribution in [2.24, 2.45) is 0 Å². The molecule has 0 unspecified atom stereocenters. The number of aromatic nitrogens is 4. The van der Waals surface area contributed by atoms with Gasteiger partial charge in [-0.1, -0.05) is 17.4 Å². The number of nitrogens with one attached hydrogen (secondary N) is 2. The van der Waals surface area contributed by atoms with E-state index in [2.05, 4.69) is 30.6 Å². The van der Waals surface area contributed by atoms with E-state index >= 15 is 0 Å². The Morgan fingerprint density at radius 1 is 1.12 bits per heavy atom. The molecule has 4 heterocycles. The predicted molar refractivity (Wildman–Crippen MR) is 131 cm³/mol. The molecule has 3 aromatic heterocycles. The number of hydrogen-bond donors (Lipinski definition) is 2. The quantitative estimate of drug-likeness (QED) is 0.451. The Kier molecular flexibility index (Phi) is 6.03. The Bertz CT molecular complexity index is 1330. The van der Waals surface area contributed by atoms with E-state index in [1.54, 1.807) is 34.6 Å². The summed E-state index contributed by atoms with van der Waals surface area (Å²) >= 11 is 1.57. The first kappa shape index (κ1) is 22.1. The number of hydrogen-bond acceptors (Lipinski definition) is 9. The monoisotopic (exact) mass is 478 g/mol. The third-order valence-electron chi connectivity index (χ3n) is 5.42. The predicted octanol–water partition coefficient (Wildman–Crippen LogP) is 3.14. The van der Waals surface area contributed by atoms with Crippen LogP contribution in [0, 0.1) is 5.82 Å². The fourth-order valence-corrected chi connectivity index (χ4v) is 4.51. The lowest BCUT2D eigenvalue weighted by Crippen LogP contribution is -2.46. The minimum absolute atomic E-state index is 0.0942. The zero-order chi connectivity index (χ0) is 23.7.